The van der Waals surface area contributed by atoms with Gasteiger partial charge in [0.15, 0.2) is 5.65 Å². The zero-order chi connectivity index (χ0) is 23.5. The SMILES string of the molecule is O=C(Nc1cccc(S(=O)(=O)N2CCCCCC2)c1)C1CCN(c2ccc3nncn3n2)CC1. The van der Waals surface area contributed by atoms with Crippen LogP contribution in [0.5, 0.6) is 0 Å². The number of anilines is 2. The Kier molecular flexibility index (Phi) is 6.46. The Bertz CT molecular complexity index is 1260. The predicted octanol–water partition coefficient (Wildman–Crippen LogP) is 2.54. The van der Waals surface area contributed by atoms with E-state index in [4.69, 9.17) is 0 Å². The lowest BCUT2D eigenvalue weighted by molar-refractivity contribution is -0.120. The maximum absolute atomic E-state index is 13.1. The van der Waals surface area contributed by atoms with Crippen molar-refractivity contribution in [3.05, 3.63) is 42.7 Å². The molecule has 2 fully saturated rings. The molecule has 180 valence electrons. The van der Waals surface area contributed by atoms with E-state index in [1.54, 1.807) is 39.4 Å². The first-order chi connectivity index (χ1) is 16.5. The number of benzene rings is 1. The average molecular weight is 484 g/mol. The molecule has 0 unspecified atom stereocenters. The van der Waals surface area contributed by atoms with E-state index in [0.717, 1.165) is 31.5 Å². The molecule has 1 aromatic carbocycles. The molecule has 2 aliphatic heterocycles. The molecule has 5 rings (SSSR count). The van der Waals surface area contributed by atoms with Gasteiger partial charge >= 0.3 is 0 Å². The minimum absolute atomic E-state index is 0.0776. The Labute approximate surface area is 199 Å². The van der Waals surface area contributed by atoms with E-state index in [2.05, 4.69) is 25.5 Å². The number of carbonyl (C=O) groups excluding carboxylic acids is 1. The van der Waals surface area contributed by atoms with Gasteiger partial charge in [0.05, 0.1) is 4.90 Å². The minimum atomic E-state index is -3.56. The van der Waals surface area contributed by atoms with Gasteiger partial charge in [0.25, 0.3) is 0 Å². The standard InChI is InChI=1S/C23H29N7O3S/c31-23(18-10-14-28(15-11-18)22-9-8-21-26-24-17-30(21)27-22)25-19-6-5-7-20(16-19)34(32,33)29-12-3-1-2-4-13-29/h5-9,16-18H,1-4,10-15H2,(H,25,31). The van der Waals surface area contributed by atoms with Crippen molar-refractivity contribution in [1.82, 2.24) is 24.1 Å². The summed E-state index contributed by atoms with van der Waals surface area (Å²) in [7, 11) is -3.56. The van der Waals surface area contributed by atoms with Crippen LogP contribution < -0.4 is 10.2 Å². The van der Waals surface area contributed by atoms with Gasteiger partial charge in [0.2, 0.25) is 15.9 Å². The van der Waals surface area contributed by atoms with Crippen LogP contribution >= 0.6 is 0 Å². The molecule has 11 heteroatoms. The summed E-state index contributed by atoms with van der Waals surface area (Å²) < 4.78 is 29.4. The second-order valence-corrected chi connectivity index (χ2v) is 10.9. The Morgan fingerprint density at radius 1 is 0.971 bits per heavy atom. The zero-order valence-electron chi connectivity index (χ0n) is 19.0. The third-order valence-electron chi connectivity index (χ3n) is 6.64. The Balaban J connectivity index is 1.21. The number of fused-ring (bicyclic) bond motifs is 1. The van der Waals surface area contributed by atoms with Crippen molar-refractivity contribution in [1.29, 1.82) is 0 Å². The van der Waals surface area contributed by atoms with Crippen LogP contribution in [0.3, 0.4) is 0 Å². The third kappa shape index (κ3) is 4.76. The summed E-state index contributed by atoms with van der Waals surface area (Å²) in [6.45, 7) is 2.53. The Hall–Kier alpha value is -3.05. The van der Waals surface area contributed by atoms with Gasteiger partial charge in [0, 0.05) is 37.8 Å². The molecule has 0 saturated carbocycles. The van der Waals surface area contributed by atoms with Crippen molar-refractivity contribution in [2.45, 2.75) is 43.4 Å². The summed E-state index contributed by atoms with van der Waals surface area (Å²) in [5.41, 5.74) is 1.21. The summed E-state index contributed by atoms with van der Waals surface area (Å²) in [5, 5.41) is 15.3. The number of hydrogen-bond donors (Lipinski definition) is 1. The van der Waals surface area contributed by atoms with E-state index in [1.807, 2.05) is 12.1 Å². The highest BCUT2D eigenvalue weighted by molar-refractivity contribution is 7.89. The predicted molar refractivity (Wildman–Crippen MR) is 128 cm³/mol. The number of piperidine rings is 1. The zero-order valence-corrected chi connectivity index (χ0v) is 19.8. The fraction of sp³-hybridized carbons (Fsp3) is 0.478. The maximum Gasteiger partial charge on any atom is 0.243 e. The van der Waals surface area contributed by atoms with E-state index < -0.39 is 10.0 Å². The lowest BCUT2D eigenvalue weighted by Gasteiger charge is -2.32. The molecule has 0 bridgehead atoms. The van der Waals surface area contributed by atoms with Crippen LogP contribution in [-0.2, 0) is 14.8 Å². The molecule has 0 spiro atoms. The fourth-order valence-electron chi connectivity index (χ4n) is 4.67. The van der Waals surface area contributed by atoms with Crippen molar-refractivity contribution in [3.63, 3.8) is 0 Å². The summed E-state index contributed by atoms with van der Waals surface area (Å²) in [6.07, 6.45) is 6.85. The van der Waals surface area contributed by atoms with E-state index in [9.17, 15) is 13.2 Å². The molecular formula is C23H29N7O3S. The van der Waals surface area contributed by atoms with Crippen LogP contribution in [0.2, 0.25) is 0 Å². The topological polar surface area (TPSA) is 113 Å². The van der Waals surface area contributed by atoms with Crippen molar-refractivity contribution in [2.75, 3.05) is 36.4 Å². The van der Waals surface area contributed by atoms with Gasteiger partial charge in [-0.3, -0.25) is 4.79 Å². The molecule has 10 nitrogen and oxygen atoms in total. The molecule has 34 heavy (non-hydrogen) atoms. The number of nitrogens with one attached hydrogen (secondary N) is 1. The molecule has 2 aromatic heterocycles. The lowest BCUT2D eigenvalue weighted by Crippen LogP contribution is -2.38. The van der Waals surface area contributed by atoms with Gasteiger partial charge in [-0.2, -0.15) is 8.82 Å². The molecule has 1 N–H and O–H groups in total. The molecule has 0 atom stereocenters. The lowest BCUT2D eigenvalue weighted by atomic mass is 9.96. The molecule has 2 aliphatic rings. The van der Waals surface area contributed by atoms with E-state index >= 15 is 0 Å². The number of nitrogens with zero attached hydrogens (tertiary/aromatic N) is 6. The Morgan fingerprint density at radius 3 is 2.50 bits per heavy atom. The number of aromatic nitrogens is 4. The smallest absolute Gasteiger partial charge is 0.243 e. The molecule has 4 heterocycles. The van der Waals surface area contributed by atoms with Crippen molar-refractivity contribution in [3.8, 4) is 0 Å². The summed E-state index contributed by atoms with van der Waals surface area (Å²) in [5.74, 6) is 0.615. The van der Waals surface area contributed by atoms with Gasteiger partial charge in [-0.05, 0) is 56.0 Å². The Morgan fingerprint density at radius 2 is 1.74 bits per heavy atom. The number of sulfonamides is 1. The second-order valence-electron chi connectivity index (χ2n) is 8.92. The highest BCUT2D eigenvalue weighted by Crippen LogP contribution is 2.25. The summed E-state index contributed by atoms with van der Waals surface area (Å²) in [4.78, 5) is 15.3. The average Bonchev–Trinajstić information content (AvgIpc) is 3.15. The van der Waals surface area contributed by atoms with Crippen LogP contribution in [0.15, 0.2) is 47.6 Å². The van der Waals surface area contributed by atoms with Crippen molar-refractivity contribution in [2.24, 2.45) is 5.92 Å². The summed E-state index contributed by atoms with van der Waals surface area (Å²) in [6, 6.07) is 10.4. The molecule has 3 aromatic rings. The van der Waals surface area contributed by atoms with Crippen LogP contribution in [-0.4, -0.2) is 64.6 Å². The third-order valence-corrected chi connectivity index (χ3v) is 8.54. The molecule has 0 radical (unpaired) electrons. The van der Waals surface area contributed by atoms with Crippen LogP contribution in [0.1, 0.15) is 38.5 Å². The normalized spacial score (nSPS) is 18.6. The van der Waals surface area contributed by atoms with Crippen molar-refractivity contribution < 1.29 is 13.2 Å². The van der Waals surface area contributed by atoms with Gasteiger partial charge < -0.3 is 10.2 Å². The highest BCUT2D eigenvalue weighted by Gasteiger charge is 2.28. The molecule has 1 amide bonds. The monoisotopic (exact) mass is 483 g/mol. The van der Waals surface area contributed by atoms with Crippen LogP contribution in [0.4, 0.5) is 11.5 Å². The number of hydrogen-bond acceptors (Lipinski definition) is 7. The van der Waals surface area contributed by atoms with E-state index in [-0.39, 0.29) is 16.7 Å². The van der Waals surface area contributed by atoms with Crippen LogP contribution in [0, 0.1) is 5.92 Å². The van der Waals surface area contributed by atoms with E-state index in [1.165, 1.54) is 0 Å². The van der Waals surface area contributed by atoms with Gasteiger partial charge in [0.1, 0.15) is 12.1 Å². The van der Waals surface area contributed by atoms with Gasteiger partial charge in [-0.1, -0.05) is 18.9 Å². The molecule has 2 saturated heterocycles. The number of rotatable bonds is 5. The molecule has 0 aliphatic carbocycles. The van der Waals surface area contributed by atoms with E-state index in [0.29, 0.717) is 50.4 Å². The highest BCUT2D eigenvalue weighted by atomic mass is 32.2. The second kappa shape index (κ2) is 9.67. The quantitative estimate of drug-likeness (QED) is 0.593. The van der Waals surface area contributed by atoms with Crippen molar-refractivity contribution >= 4 is 33.1 Å². The maximum atomic E-state index is 13.1. The fourth-order valence-corrected chi connectivity index (χ4v) is 6.23. The largest absolute Gasteiger partial charge is 0.355 e. The molecular weight excluding hydrogens is 454 g/mol. The first-order valence-electron chi connectivity index (χ1n) is 11.8. The first-order valence-corrected chi connectivity index (χ1v) is 13.3. The minimum Gasteiger partial charge on any atom is -0.355 e. The summed E-state index contributed by atoms with van der Waals surface area (Å²) >= 11 is 0. The number of amides is 1. The number of carbonyl (C=O) groups is 1. The van der Waals surface area contributed by atoms with Gasteiger partial charge in [-0.15, -0.1) is 15.3 Å². The van der Waals surface area contributed by atoms with Crippen LogP contribution in [0.25, 0.3) is 5.65 Å². The first kappa shape index (κ1) is 22.7. The van der Waals surface area contributed by atoms with Gasteiger partial charge in [-0.25, -0.2) is 8.42 Å².